The minimum atomic E-state index is 0.452. The molecule has 1 fully saturated rings. The van der Waals surface area contributed by atoms with Gasteiger partial charge in [-0.1, -0.05) is 25.7 Å². The molecule has 1 aliphatic carbocycles. The van der Waals surface area contributed by atoms with Gasteiger partial charge in [-0.25, -0.2) is 14.6 Å². The first-order valence-corrected chi connectivity index (χ1v) is 8.06. The predicted octanol–water partition coefficient (Wildman–Crippen LogP) is 3.00. The number of rotatable bonds is 3. The van der Waals surface area contributed by atoms with Crippen molar-refractivity contribution in [3.8, 4) is 5.82 Å². The standard InChI is InChI=1S/C16H24N6/c1-11-9-12(2)22(21-11)16-14(17)15(18-10-19-16)20-13-7-5-3-4-6-8-13/h9-10,13H,3-8,17H2,1-2H3,(H,18,19,20). The van der Waals surface area contributed by atoms with Crippen molar-refractivity contribution < 1.29 is 0 Å². The van der Waals surface area contributed by atoms with Gasteiger partial charge in [-0.3, -0.25) is 0 Å². The molecule has 0 radical (unpaired) electrons. The van der Waals surface area contributed by atoms with E-state index >= 15 is 0 Å². The highest BCUT2D eigenvalue weighted by Crippen LogP contribution is 2.26. The van der Waals surface area contributed by atoms with Crippen molar-refractivity contribution in [2.45, 2.75) is 58.4 Å². The van der Waals surface area contributed by atoms with Crippen LogP contribution in [0.1, 0.15) is 49.9 Å². The van der Waals surface area contributed by atoms with Crippen LogP contribution in [-0.4, -0.2) is 25.8 Å². The third kappa shape index (κ3) is 3.05. The van der Waals surface area contributed by atoms with Crippen LogP contribution in [0.3, 0.4) is 0 Å². The minimum absolute atomic E-state index is 0.452. The Morgan fingerprint density at radius 2 is 1.86 bits per heavy atom. The number of nitrogen functional groups attached to an aromatic ring is 1. The van der Waals surface area contributed by atoms with Gasteiger partial charge in [0.1, 0.15) is 12.0 Å². The third-order valence-corrected chi connectivity index (χ3v) is 4.27. The van der Waals surface area contributed by atoms with E-state index < -0.39 is 0 Å². The van der Waals surface area contributed by atoms with E-state index in [2.05, 4.69) is 20.4 Å². The average Bonchev–Trinajstić information content (AvgIpc) is 2.69. The maximum Gasteiger partial charge on any atom is 0.182 e. The van der Waals surface area contributed by atoms with Crippen LogP contribution in [0, 0.1) is 13.8 Å². The molecule has 1 aliphatic rings. The summed E-state index contributed by atoms with van der Waals surface area (Å²) in [5, 5.41) is 7.97. The van der Waals surface area contributed by atoms with Crippen LogP contribution in [0.4, 0.5) is 11.5 Å². The second kappa shape index (κ2) is 6.34. The molecule has 6 nitrogen and oxygen atoms in total. The summed E-state index contributed by atoms with van der Waals surface area (Å²) in [4.78, 5) is 8.66. The smallest absolute Gasteiger partial charge is 0.182 e. The Bertz CT molecular complexity index is 640. The van der Waals surface area contributed by atoms with E-state index in [1.54, 1.807) is 11.0 Å². The summed E-state index contributed by atoms with van der Waals surface area (Å²) in [7, 11) is 0. The molecule has 118 valence electrons. The molecule has 1 saturated carbocycles. The predicted molar refractivity (Wildman–Crippen MR) is 88.2 cm³/mol. The Kier molecular flexibility index (Phi) is 4.27. The molecule has 2 heterocycles. The van der Waals surface area contributed by atoms with E-state index in [1.165, 1.54) is 38.5 Å². The first kappa shape index (κ1) is 14.8. The van der Waals surface area contributed by atoms with Crippen LogP contribution in [0.2, 0.25) is 0 Å². The van der Waals surface area contributed by atoms with E-state index in [4.69, 9.17) is 5.73 Å². The van der Waals surface area contributed by atoms with Gasteiger partial charge in [0.2, 0.25) is 0 Å². The topological polar surface area (TPSA) is 81.7 Å². The van der Waals surface area contributed by atoms with E-state index in [0.717, 1.165) is 17.2 Å². The van der Waals surface area contributed by atoms with Crippen molar-refractivity contribution in [2.24, 2.45) is 0 Å². The zero-order valence-corrected chi connectivity index (χ0v) is 13.3. The molecule has 3 rings (SSSR count). The first-order valence-electron chi connectivity index (χ1n) is 8.06. The second-order valence-corrected chi connectivity index (χ2v) is 6.13. The molecule has 2 aromatic rings. The normalized spacial score (nSPS) is 16.5. The lowest BCUT2D eigenvalue weighted by atomic mass is 10.1. The molecular weight excluding hydrogens is 276 g/mol. The maximum absolute atomic E-state index is 6.30. The Morgan fingerprint density at radius 1 is 1.14 bits per heavy atom. The largest absolute Gasteiger partial charge is 0.393 e. The lowest BCUT2D eigenvalue weighted by Gasteiger charge is -2.19. The molecule has 0 spiro atoms. The van der Waals surface area contributed by atoms with Gasteiger partial charge in [-0.15, -0.1) is 0 Å². The average molecular weight is 300 g/mol. The third-order valence-electron chi connectivity index (χ3n) is 4.27. The number of aromatic nitrogens is 4. The summed E-state index contributed by atoms with van der Waals surface area (Å²) in [6.45, 7) is 3.96. The van der Waals surface area contributed by atoms with Crippen molar-refractivity contribution in [1.82, 2.24) is 19.7 Å². The van der Waals surface area contributed by atoms with Crippen LogP contribution in [0.15, 0.2) is 12.4 Å². The first-order chi connectivity index (χ1) is 10.6. The molecule has 6 heteroatoms. The molecule has 0 amide bonds. The number of anilines is 2. The quantitative estimate of drug-likeness (QED) is 0.852. The number of aryl methyl sites for hydroxylation is 2. The fraction of sp³-hybridized carbons (Fsp3) is 0.562. The van der Waals surface area contributed by atoms with Gasteiger partial charge in [0.05, 0.1) is 5.69 Å². The van der Waals surface area contributed by atoms with Crippen molar-refractivity contribution in [3.63, 3.8) is 0 Å². The molecule has 0 saturated heterocycles. The zero-order chi connectivity index (χ0) is 15.5. The highest BCUT2D eigenvalue weighted by molar-refractivity contribution is 5.69. The number of nitrogens with zero attached hydrogens (tertiary/aromatic N) is 4. The number of hydrogen-bond acceptors (Lipinski definition) is 5. The van der Waals surface area contributed by atoms with Gasteiger partial charge < -0.3 is 11.1 Å². The number of nitrogens with two attached hydrogens (primary N) is 1. The monoisotopic (exact) mass is 300 g/mol. The van der Waals surface area contributed by atoms with Gasteiger partial charge in [0.25, 0.3) is 0 Å². The summed E-state index contributed by atoms with van der Waals surface area (Å²) in [6, 6.07) is 2.47. The summed E-state index contributed by atoms with van der Waals surface area (Å²) in [5.41, 5.74) is 8.84. The lowest BCUT2D eigenvalue weighted by Crippen LogP contribution is -2.21. The van der Waals surface area contributed by atoms with Crippen molar-refractivity contribution in [2.75, 3.05) is 11.1 Å². The van der Waals surface area contributed by atoms with Gasteiger partial charge in [0, 0.05) is 11.7 Å². The Labute approximate surface area is 131 Å². The molecule has 0 bridgehead atoms. The van der Waals surface area contributed by atoms with Crippen LogP contribution in [0.25, 0.3) is 5.82 Å². The van der Waals surface area contributed by atoms with Gasteiger partial charge in [0.15, 0.2) is 11.6 Å². The maximum atomic E-state index is 6.30. The van der Waals surface area contributed by atoms with Crippen molar-refractivity contribution in [3.05, 3.63) is 23.8 Å². The van der Waals surface area contributed by atoms with E-state index in [1.807, 2.05) is 19.9 Å². The van der Waals surface area contributed by atoms with E-state index in [9.17, 15) is 0 Å². The Morgan fingerprint density at radius 3 is 2.50 bits per heavy atom. The molecule has 0 unspecified atom stereocenters. The molecule has 22 heavy (non-hydrogen) atoms. The van der Waals surface area contributed by atoms with Crippen LogP contribution in [0.5, 0.6) is 0 Å². The molecule has 0 aromatic carbocycles. The van der Waals surface area contributed by atoms with Crippen LogP contribution in [-0.2, 0) is 0 Å². The highest BCUT2D eigenvalue weighted by atomic mass is 15.3. The van der Waals surface area contributed by atoms with Crippen molar-refractivity contribution >= 4 is 11.5 Å². The van der Waals surface area contributed by atoms with Crippen LogP contribution >= 0.6 is 0 Å². The minimum Gasteiger partial charge on any atom is -0.393 e. The fourth-order valence-electron chi connectivity index (χ4n) is 3.13. The highest BCUT2D eigenvalue weighted by Gasteiger charge is 2.17. The molecule has 0 atom stereocenters. The van der Waals surface area contributed by atoms with Gasteiger partial charge in [-0.2, -0.15) is 5.10 Å². The molecule has 0 aliphatic heterocycles. The summed E-state index contributed by atoms with van der Waals surface area (Å²) >= 11 is 0. The SMILES string of the molecule is Cc1cc(C)n(-c2ncnc(NC3CCCCCC3)c2N)n1. The summed E-state index contributed by atoms with van der Waals surface area (Å²) in [6.07, 6.45) is 9.11. The number of hydrogen-bond donors (Lipinski definition) is 2. The Balaban J connectivity index is 1.87. The number of nitrogens with one attached hydrogen (secondary N) is 1. The lowest BCUT2D eigenvalue weighted by molar-refractivity contribution is 0.617. The molecule has 2 aromatic heterocycles. The summed E-state index contributed by atoms with van der Waals surface area (Å²) in [5.74, 6) is 1.38. The Hall–Kier alpha value is -2.11. The molecular formula is C16H24N6. The van der Waals surface area contributed by atoms with E-state index in [-0.39, 0.29) is 0 Å². The molecule has 3 N–H and O–H groups in total. The summed E-state index contributed by atoms with van der Waals surface area (Å²) < 4.78 is 1.78. The van der Waals surface area contributed by atoms with E-state index in [0.29, 0.717) is 17.5 Å². The van der Waals surface area contributed by atoms with Gasteiger partial charge >= 0.3 is 0 Å². The van der Waals surface area contributed by atoms with Gasteiger partial charge in [-0.05, 0) is 32.8 Å². The fourth-order valence-corrected chi connectivity index (χ4v) is 3.13. The second-order valence-electron chi connectivity index (χ2n) is 6.13. The van der Waals surface area contributed by atoms with Crippen molar-refractivity contribution in [1.29, 1.82) is 0 Å². The van der Waals surface area contributed by atoms with Crippen LogP contribution < -0.4 is 11.1 Å². The zero-order valence-electron chi connectivity index (χ0n) is 13.3.